The maximum Gasteiger partial charge on any atom is 0.229 e. The first kappa shape index (κ1) is 14.4. The molecule has 1 amide bonds. The molecule has 1 rings (SSSR count). The van der Waals surface area contributed by atoms with Crippen LogP contribution in [0.3, 0.4) is 0 Å². The number of thiocarbonyl (C=S) groups is 1. The summed E-state index contributed by atoms with van der Waals surface area (Å²) in [6, 6.07) is 0. The van der Waals surface area contributed by atoms with Crippen molar-refractivity contribution in [2.24, 2.45) is 23.5 Å². The summed E-state index contributed by atoms with van der Waals surface area (Å²) in [5.41, 5.74) is 5.55. The molecule has 1 atom stereocenters. The number of amides is 1. The van der Waals surface area contributed by atoms with Gasteiger partial charge in [-0.15, -0.1) is 0 Å². The van der Waals surface area contributed by atoms with Crippen molar-refractivity contribution in [2.45, 2.75) is 46.0 Å². The van der Waals surface area contributed by atoms with E-state index in [-0.39, 0.29) is 11.8 Å². The lowest BCUT2D eigenvalue weighted by molar-refractivity contribution is -0.123. The number of hydrogen-bond donors (Lipinski definition) is 2. The average Bonchev–Trinajstić information content (AvgIpc) is 2.28. The van der Waals surface area contributed by atoms with E-state index < -0.39 is 0 Å². The number of nitrogens with one attached hydrogen (secondary N) is 1. The number of nitrogens with two attached hydrogens (primary N) is 1. The first-order valence-electron chi connectivity index (χ1n) is 6.61. The summed E-state index contributed by atoms with van der Waals surface area (Å²) in [5.74, 6) is 1.19. The highest BCUT2D eigenvalue weighted by molar-refractivity contribution is 7.80. The molecule has 98 valence electrons. The second kappa shape index (κ2) is 6.94. The van der Waals surface area contributed by atoms with Crippen LogP contribution in [-0.4, -0.2) is 17.4 Å². The van der Waals surface area contributed by atoms with Crippen LogP contribution in [0.25, 0.3) is 0 Å². The zero-order chi connectivity index (χ0) is 12.8. The molecule has 0 aromatic rings. The zero-order valence-corrected chi connectivity index (χ0v) is 11.7. The van der Waals surface area contributed by atoms with Crippen molar-refractivity contribution in [3.63, 3.8) is 0 Å². The van der Waals surface area contributed by atoms with Gasteiger partial charge < -0.3 is 11.1 Å². The quantitative estimate of drug-likeness (QED) is 0.742. The highest BCUT2D eigenvalue weighted by atomic mass is 32.1. The van der Waals surface area contributed by atoms with Crippen LogP contribution in [0.1, 0.15) is 46.0 Å². The number of rotatable bonds is 5. The Morgan fingerprint density at radius 2 is 2.00 bits per heavy atom. The standard InChI is InChI=1S/C13H24N2OS/c1-3-11(12(14)17)13(16)15-8-10-6-4-9(2)5-7-10/h9-11H,3-8H2,1-2H3,(H2,14,17)(H,15,16). The highest BCUT2D eigenvalue weighted by Crippen LogP contribution is 2.27. The zero-order valence-electron chi connectivity index (χ0n) is 10.9. The largest absolute Gasteiger partial charge is 0.393 e. The van der Waals surface area contributed by atoms with Gasteiger partial charge in [-0.25, -0.2) is 0 Å². The van der Waals surface area contributed by atoms with E-state index in [2.05, 4.69) is 12.2 Å². The van der Waals surface area contributed by atoms with Crippen molar-refractivity contribution in [2.75, 3.05) is 6.54 Å². The summed E-state index contributed by atoms with van der Waals surface area (Å²) in [6.45, 7) is 5.02. The molecule has 1 aliphatic carbocycles. The lowest BCUT2D eigenvalue weighted by Gasteiger charge is -2.26. The molecule has 17 heavy (non-hydrogen) atoms. The van der Waals surface area contributed by atoms with Crippen molar-refractivity contribution < 1.29 is 4.79 Å². The predicted molar refractivity (Wildman–Crippen MR) is 74.7 cm³/mol. The normalized spacial score (nSPS) is 26.2. The Hall–Kier alpha value is -0.640. The van der Waals surface area contributed by atoms with E-state index in [9.17, 15) is 4.79 Å². The van der Waals surface area contributed by atoms with Crippen LogP contribution in [0, 0.1) is 17.8 Å². The van der Waals surface area contributed by atoms with Gasteiger partial charge in [0.2, 0.25) is 5.91 Å². The molecular weight excluding hydrogens is 232 g/mol. The lowest BCUT2D eigenvalue weighted by atomic mass is 9.83. The van der Waals surface area contributed by atoms with E-state index in [1.807, 2.05) is 6.92 Å². The molecule has 1 saturated carbocycles. The van der Waals surface area contributed by atoms with Gasteiger partial charge in [0.05, 0.1) is 10.9 Å². The third kappa shape index (κ3) is 4.62. The summed E-state index contributed by atoms with van der Waals surface area (Å²) >= 11 is 4.90. The third-order valence-corrected chi connectivity index (χ3v) is 4.05. The smallest absolute Gasteiger partial charge is 0.229 e. The van der Waals surface area contributed by atoms with Gasteiger partial charge in [0.25, 0.3) is 0 Å². The molecule has 0 bridgehead atoms. The molecule has 0 radical (unpaired) electrons. The SMILES string of the molecule is CCC(C(=O)NCC1CCC(C)CC1)C(N)=S. The van der Waals surface area contributed by atoms with E-state index in [0.29, 0.717) is 17.3 Å². The summed E-state index contributed by atoms with van der Waals surface area (Å²) < 4.78 is 0. The Labute approximate surface area is 110 Å². The molecule has 3 nitrogen and oxygen atoms in total. The van der Waals surface area contributed by atoms with Gasteiger partial charge in [0.15, 0.2) is 0 Å². The Bertz CT molecular complexity index is 273. The molecule has 4 heteroatoms. The summed E-state index contributed by atoms with van der Waals surface area (Å²) in [7, 11) is 0. The highest BCUT2D eigenvalue weighted by Gasteiger charge is 2.22. The molecule has 0 heterocycles. The van der Waals surface area contributed by atoms with E-state index >= 15 is 0 Å². The van der Waals surface area contributed by atoms with Crippen LogP contribution in [0.5, 0.6) is 0 Å². The topological polar surface area (TPSA) is 55.1 Å². The minimum Gasteiger partial charge on any atom is -0.393 e. The number of hydrogen-bond acceptors (Lipinski definition) is 2. The molecular formula is C13H24N2OS. The lowest BCUT2D eigenvalue weighted by Crippen LogP contribution is -2.40. The fourth-order valence-corrected chi connectivity index (χ4v) is 2.69. The van der Waals surface area contributed by atoms with Gasteiger partial charge in [0, 0.05) is 6.54 Å². The van der Waals surface area contributed by atoms with E-state index in [1.54, 1.807) is 0 Å². The van der Waals surface area contributed by atoms with Crippen molar-refractivity contribution >= 4 is 23.1 Å². The Morgan fingerprint density at radius 1 is 1.41 bits per heavy atom. The Kier molecular flexibility index (Phi) is 5.89. The maximum atomic E-state index is 11.8. The Balaban J connectivity index is 2.30. The van der Waals surface area contributed by atoms with Crippen molar-refractivity contribution in [3.8, 4) is 0 Å². The minimum atomic E-state index is -0.299. The molecule has 3 N–H and O–H groups in total. The molecule has 1 unspecified atom stereocenters. The minimum absolute atomic E-state index is 0.00128. The average molecular weight is 256 g/mol. The van der Waals surface area contributed by atoms with Gasteiger partial charge in [-0.2, -0.15) is 0 Å². The predicted octanol–water partition coefficient (Wildman–Crippen LogP) is 2.24. The molecule has 0 aromatic carbocycles. The second-order valence-corrected chi connectivity index (χ2v) is 5.71. The number of carbonyl (C=O) groups is 1. The first-order chi connectivity index (χ1) is 8.04. The first-order valence-corrected chi connectivity index (χ1v) is 7.02. The van der Waals surface area contributed by atoms with Crippen molar-refractivity contribution in [1.82, 2.24) is 5.32 Å². The fourth-order valence-electron chi connectivity index (χ4n) is 2.42. The molecule has 1 aliphatic rings. The van der Waals surface area contributed by atoms with E-state index in [4.69, 9.17) is 18.0 Å². The number of carbonyl (C=O) groups excluding carboxylic acids is 1. The van der Waals surface area contributed by atoms with E-state index in [1.165, 1.54) is 25.7 Å². The summed E-state index contributed by atoms with van der Waals surface area (Å²) in [6.07, 6.45) is 5.71. The van der Waals surface area contributed by atoms with Gasteiger partial charge in [-0.1, -0.05) is 38.9 Å². The monoisotopic (exact) mass is 256 g/mol. The van der Waals surface area contributed by atoms with Gasteiger partial charge in [-0.3, -0.25) is 4.79 Å². The second-order valence-electron chi connectivity index (χ2n) is 5.23. The van der Waals surface area contributed by atoms with Gasteiger partial charge in [-0.05, 0) is 31.1 Å². The fraction of sp³-hybridized carbons (Fsp3) is 0.846. The van der Waals surface area contributed by atoms with Crippen molar-refractivity contribution in [3.05, 3.63) is 0 Å². The van der Waals surface area contributed by atoms with Crippen LogP contribution in [0.4, 0.5) is 0 Å². The third-order valence-electron chi connectivity index (χ3n) is 3.77. The molecule has 0 aromatic heterocycles. The summed E-state index contributed by atoms with van der Waals surface area (Å²) in [4.78, 5) is 12.2. The molecule has 1 fully saturated rings. The van der Waals surface area contributed by atoms with E-state index in [0.717, 1.165) is 12.5 Å². The summed E-state index contributed by atoms with van der Waals surface area (Å²) in [5, 5.41) is 2.99. The molecule has 0 aliphatic heterocycles. The molecule has 0 saturated heterocycles. The van der Waals surface area contributed by atoms with Crippen LogP contribution in [-0.2, 0) is 4.79 Å². The van der Waals surface area contributed by atoms with Crippen molar-refractivity contribution in [1.29, 1.82) is 0 Å². The molecule has 0 spiro atoms. The van der Waals surface area contributed by atoms with Crippen LogP contribution in [0.2, 0.25) is 0 Å². The van der Waals surface area contributed by atoms with Crippen LogP contribution < -0.4 is 11.1 Å². The van der Waals surface area contributed by atoms with Gasteiger partial charge in [0.1, 0.15) is 0 Å². The Morgan fingerprint density at radius 3 is 2.47 bits per heavy atom. The van der Waals surface area contributed by atoms with Crippen LogP contribution in [0.15, 0.2) is 0 Å². The maximum absolute atomic E-state index is 11.8. The van der Waals surface area contributed by atoms with Crippen LogP contribution >= 0.6 is 12.2 Å². The van der Waals surface area contributed by atoms with Gasteiger partial charge >= 0.3 is 0 Å².